The highest BCUT2D eigenvalue weighted by atomic mass is 19.1. The number of likely N-dealkylation sites (tertiary alicyclic amines) is 1. The molecule has 0 spiro atoms. The standard InChI is InChI=1S/C30H41FN4O3/c1-7-34(19(4)5)30(38)27-11-23(31)8-9-25(27)26-10-21(16-35-20(6)32-13-29(26)35)22-14-33(15-22)28(18(2)3)12-24(37)17-36/h8-11,13,16,18-19,22,24,28,36-37H,7,12,14-15,17H2,1-6H3/t24-,28?/m0/s1. The maximum atomic E-state index is 14.5. The lowest BCUT2D eigenvalue weighted by molar-refractivity contribution is 0.0105. The largest absolute Gasteiger partial charge is 0.394 e. The van der Waals surface area contributed by atoms with Crippen molar-refractivity contribution in [1.82, 2.24) is 19.2 Å². The van der Waals surface area contributed by atoms with E-state index in [9.17, 15) is 19.4 Å². The van der Waals surface area contributed by atoms with Crippen LogP contribution in [-0.2, 0) is 0 Å². The number of aromatic nitrogens is 2. The minimum atomic E-state index is -0.721. The maximum absolute atomic E-state index is 14.5. The van der Waals surface area contributed by atoms with Gasteiger partial charge < -0.3 is 19.5 Å². The third-order valence-corrected chi connectivity index (χ3v) is 7.92. The number of aryl methyl sites for hydroxylation is 1. The first-order valence-electron chi connectivity index (χ1n) is 13.7. The predicted octanol–water partition coefficient (Wildman–Crippen LogP) is 4.49. The van der Waals surface area contributed by atoms with Crippen molar-refractivity contribution in [2.24, 2.45) is 5.92 Å². The molecule has 1 saturated heterocycles. The molecule has 4 rings (SSSR count). The third-order valence-electron chi connectivity index (χ3n) is 7.92. The molecule has 206 valence electrons. The number of rotatable bonds is 10. The number of imidazole rings is 1. The average molecular weight is 525 g/mol. The van der Waals surface area contributed by atoms with Crippen LogP contribution in [0.5, 0.6) is 0 Å². The normalized spacial score (nSPS) is 16.3. The Kier molecular flexibility index (Phi) is 8.55. The van der Waals surface area contributed by atoms with Gasteiger partial charge in [-0.15, -0.1) is 0 Å². The summed E-state index contributed by atoms with van der Waals surface area (Å²) >= 11 is 0. The zero-order valence-corrected chi connectivity index (χ0v) is 23.4. The highest BCUT2D eigenvalue weighted by molar-refractivity contribution is 6.03. The van der Waals surface area contributed by atoms with E-state index in [1.165, 1.54) is 12.1 Å². The fourth-order valence-corrected chi connectivity index (χ4v) is 5.70. The van der Waals surface area contributed by atoms with Gasteiger partial charge in [-0.25, -0.2) is 9.37 Å². The minimum Gasteiger partial charge on any atom is -0.394 e. The Labute approximate surface area is 224 Å². The molecule has 0 radical (unpaired) electrons. The first-order chi connectivity index (χ1) is 18.0. The second-order valence-electron chi connectivity index (χ2n) is 11.2. The number of pyridine rings is 1. The van der Waals surface area contributed by atoms with E-state index in [4.69, 9.17) is 0 Å². The fourth-order valence-electron chi connectivity index (χ4n) is 5.70. The molecule has 3 aromatic rings. The summed E-state index contributed by atoms with van der Waals surface area (Å²) < 4.78 is 16.5. The third kappa shape index (κ3) is 5.48. The lowest BCUT2D eigenvalue weighted by Gasteiger charge is -2.47. The summed E-state index contributed by atoms with van der Waals surface area (Å²) in [5.41, 5.74) is 3.92. The van der Waals surface area contributed by atoms with Crippen molar-refractivity contribution in [2.75, 3.05) is 26.2 Å². The molecule has 1 amide bonds. The Morgan fingerprint density at radius 2 is 1.89 bits per heavy atom. The second-order valence-corrected chi connectivity index (χ2v) is 11.2. The van der Waals surface area contributed by atoms with E-state index in [2.05, 4.69) is 40.4 Å². The number of amides is 1. The lowest BCUT2D eigenvalue weighted by atomic mass is 9.85. The van der Waals surface area contributed by atoms with Crippen LogP contribution in [0, 0.1) is 18.7 Å². The Morgan fingerprint density at radius 3 is 2.50 bits per heavy atom. The summed E-state index contributed by atoms with van der Waals surface area (Å²) in [4.78, 5) is 22.2. The van der Waals surface area contributed by atoms with Gasteiger partial charge >= 0.3 is 0 Å². The highest BCUT2D eigenvalue weighted by Gasteiger charge is 2.36. The molecule has 2 aromatic heterocycles. The number of halogens is 1. The Balaban J connectivity index is 1.73. The van der Waals surface area contributed by atoms with Crippen molar-refractivity contribution in [1.29, 1.82) is 0 Å². The summed E-state index contributed by atoms with van der Waals surface area (Å²) in [6, 6.07) is 6.77. The van der Waals surface area contributed by atoms with Crippen LogP contribution >= 0.6 is 0 Å². The van der Waals surface area contributed by atoms with Crippen LogP contribution in [0.15, 0.2) is 36.7 Å². The number of carbonyl (C=O) groups is 1. The first kappa shape index (κ1) is 28.2. The van der Waals surface area contributed by atoms with Crippen LogP contribution in [0.1, 0.15) is 68.7 Å². The molecule has 1 aliphatic heterocycles. The molecule has 3 heterocycles. The van der Waals surface area contributed by atoms with Gasteiger partial charge in [0.15, 0.2) is 0 Å². The number of carbonyl (C=O) groups excluding carboxylic acids is 1. The molecule has 1 aromatic carbocycles. The minimum absolute atomic E-state index is 0.00797. The van der Waals surface area contributed by atoms with E-state index >= 15 is 0 Å². The molecule has 7 nitrogen and oxygen atoms in total. The van der Waals surface area contributed by atoms with Crippen molar-refractivity contribution in [2.45, 2.75) is 72.1 Å². The van der Waals surface area contributed by atoms with Crippen molar-refractivity contribution in [3.63, 3.8) is 0 Å². The van der Waals surface area contributed by atoms with E-state index < -0.39 is 11.9 Å². The average Bonchev–Trinajstić information content (AvgIpc) is 3.22. The number of aliphatic hydroxyl groups is 2. The van der Waals surface area contributed by atoms with E-state index in [0.29, 0.717) is 30.0 Å². The SMILES string of the molecule is CCN(C(=O)c1cc(F)ccc1-c1cc(C2CN(C(C[C@H](O)CO)C(C)C)C2)cn2c(C)ncc12)C(C)C. The summed E-state index contributed by atoms with van der Waals surface area (Å²) in [7, 11) is 0. The molecule has 1 aliphatic rings. The smallest absolute Gasteiger partial charge is 0.254 e. The molecule has 8 heteroatoms. The molecule has 38 heavy (non-hydrogen) atoms. The van der Waals surface area contributed by atoms with Crippen molar-refractivity contribution < 1.29 is 19.4 Å². The molecule has 2 N–H and O–H groups in total. The van der Waals surface area contributed by atoms with Gasteiger partial charge in [0, 0.05) is 49.4 Å². The molecular formula is C30H41FN4O3. The fraction of sp³-hybridized carbons (Fsp3) is 0.533. The predicted molar refractivity (Wildman–Crippen MR) is 148 cm³/mol. The maximum Gasteiger partial charge on any atom is 0.254 e. The monoisotopic (exact) mass is 524 g/mol. The Morgan fingerprint density at radius 1 is 1.18 bits per heavy atom. The highest BCUT2D eigenvalue weighted by Crippen LogP contribution is 2.37. The van der Waals surface area contributed by atoms with Gasteiger partial charge in [0.1, 0.15) is 11.6 Å². The summed E-state index contributed by atoms with van der Waals surface area (Å²) in [6.07, 6.45) is 3.75. The van der Waals surface area contributed by atoms with Crippen LogP contribution in [-0.4, -0.2) is 79.7 Å². The van der Waals surface area contributed by atoms with Crippen molar-refractivity contribution in [3.05, 3.63) is 59.4 Å². The zero-order valence-electron chi connectivity index (χ0n) is 23.4. The molecule has 2 atom stereocenters. The van der Waals surface area contributed by atoms with Gasteiger partial charge in [0.05, 0.1) is 30.0 Å². The van der Waals surface area contributed by atoms with Crippen LogP contribution in [0.2, 0.25) is 0 Å². The topological polar surface area (TPSA) is 81.3 Å². The quantitative estimate of drug-likeness (QED) is 0.409. The Hall–Kier alpha value is -2.81. The van der Waals surface area contributed by atoms with Crippen molar-refractivity contribution >= 4 is 11.4 Å². The first-order valence-corrected chi connectivity index (χ1v) is 13.7. The molecule has 0 aliphatic carbocycles. The number of nitrogens with zero attached hydrogens (tertiary/aromatic N) is 4. The van der Waals surface area contributed by atoms with Gasteiger partial charge in [-0.2, -0.15) is 0 Å². The van der Waals surface area contributed by atoms with Crippen LogP contribution in [0.3, 0.4) is 0 Å². The van der Waals surface area contributed by atoms with Gasteiger partial charge in [-0.1, -0.05) is 19.9 Å². The molecule has 0 bridgehead atoms. The zero-order chi connectivity index (χ0) is 27.7. The summed E-state index contributed by atoms with van der Waals surface area (Å²) in [5.74, 6) is 0.844. The van der Waals surface area contributed by atoms with E-state index in [1.807, 2.05) is 33.9 Å². The van der Waals surface area contributed by atoms with Crippen LogP contribution in [0.25, 0.3) is 16.6 Å². The van der Waals surface area contributed by atoms with Crippen LogP contribution < -0.4 is 0 Å². The molecule has 1 unspecified atom stereocenters. The number of benzene rings is 1. The van der Waals surface area contributed by atoms with Crippen molar-refractivity contribution in [3.8, 4) is 11.1 Å². The van der Waals surface area contributed by atoms with E-state index in [-0.39, 0.29) is 30.5 Å². The van der Waals surface area contributed by atoms with E-state index in [1.54, 1.807) is 11.0 Å². The molecule has 1 fully saturated rings. The van der Waals surface area contributed by atoms with Gasteiger partial charge in [-0.05, 0) is 69.4 Å². The molecule has 0 saturated carbocycles. The van der Waals surface area contributed by atoms with Gasteiger partial charge in [0.25, 0.3) is 5.91 Å². The van der Waals surface area contributed by atoms with Crippen LogP contribution in [0.4, 0.5) is 4.39 Å². The molecular weight excluding hydrogens is 483 g/mol. The summed E-state index contributed by atoms with van der Waals surface area (Å²) in [6.45, 7) is 14.1. The lowest BCUT2D eigenvalue weighted by Crippen LogP contribution is -2.53. The van der Waals surface area contributed by atoms with E-state index in [0.717, 1.165) is 35.6 Å². The van der Waals surface area contributed by atoms with Gasteiger partial charge in [0.2, 0.25) is 0 Å². The number of hydrogen-bond donors (Lipinski definition) is 2. The number of fused-ring (bicyclic) bond motifs is 1. The number of aliphatic hydroxyl groups excluding tert-OH is 2. The van der Waals surface area contributed by atoms with Gasteiger partial charge in [-0.3, -0.25) is 9.69 Å². The Bertz CT molecular complexity index is 1280. The number of hydrogen-bond acceptors (Lipinski definition) is 5. The summed E-state index contributed by atoms with van der Waals surface area (Å²) in [5, 5.41) is 19.4. The second kappa shape index (κ2) is 11.5.